The van der Waals surface area contributed by atoms with Crippen LogP contribution in [0.4, 0.5) is 0 Å². The average Bonchev–Trinajstić information content (AvgIpc) is 3.32. The fraction of sp³-hybridized carbons (Fsp3) is 0.771. The Kier molecular flexibility index (Phi) is 29.1. The number of hydrogen-bond acceptors (Lipinski definition) is 18. The van der Waals surface area contributed by atoms with Crippen LogP contribution < -0.4 is 5.32 Å². The second-order valence-corrected chi connectivity index (χ2v) is 17.2. The van der Waals surface area contributed by atoms with Crippen molar-refractivity contribution < 1.29 is 89.4 Å². The summed E-state index contributed by atoms with van der Waals surface area (Å²) >= 11 is 0. The highest BCUT2D eigenvalue weighted by molar-refractivity contribution is 5.76. The fourth-order valence-electron chi connectivity index (χ4n) is 7.75. The molecule has 0 aromatic rings. The molecule has 386 valence electrons. The molecule has 19 nitrogen and oxygen atoms in total. The van der Waals surface area contributed by atoms with Crippen LogP contribution in [0.3, 0.4) is 0 Å². The molecule has 1 amide bonds. The van der Waals surface area contributed by atoms with Gasteiger partial charge < -0.3 is 89.9 Å². The van der Waals surface area contributed by atoms with Gasteiger partial charge in [0.1, 0.15) is 73.2 Å². The molecule has 67 heavy (non-hydrogen) atoms. The summed E-state index contributed by atoms with van der Waals surface area (Å²) in [6.07, 6.45) is 5.49. The highest BCUT2D eigenvalue weighted by Crippen LogP contribution is 2.33. The maximum absolute atomic E-state index is 13.1. The quantitative estimate of drug-likeness (QED) is 0.0334. The Hall–Kier alpha value is -2.51. The molecule has 3 fully saturated rings. The smallest absolute Gasteiger partial charge is 0.220 e. The number of allylic oxidation sites excluding steroid dienone is 9. The standard InChI is InChI=1S/C48H81NO18/c1-3-5-7-9-11-13-14-15-16-18-20-22-24-26-36(54)49-31(32(53)25-23-21-19-17-12-10-8-6-4-2)30-62-46-42(60)39(57)44(34(28-51)64-46)67-48-43(61)40(58)45(35(29-52)65-48)66-47-41(59)38(56)37(55)33(27-50)63-47/h5,7,11-13,15-17,23,25,31-35,37-48,50-53,55-61H,3-4,6,8-10,14,18-22,24,26-30H2,1-2H3,(H,49,54)/b7-5-,13-11-,16-15-,17-12+,25-23+. The number of nitrogens with one attached hydrogen (secondary N) is 1. The van der Waals surface area contributed by atoms with Crippen LogP contribution in [0.25, 0.3) is 0 Å². The fourth-order valence-corrected chi connectivity index (χ4v) is 7.75. The molecule has 3 rings (SSSR count). The summed E-state index contributed by atoms with van der Waals surface area (Å²) in [5, 5.41) is 119. The van der Waals surface area contributed by atoms with Crippen LogP contribution in [0, 0.1) is 0 Å². The van der Waals surface area contributed by atoms with Crippen molar-refractivity contribution in [1.82, 2.24) is 5.32 Å². The Morgan fingerprint density at radius 3 is 1.64 bits per heavy atom. The van der Waals surface area contributed by atoms with Crippen LogP contribution in [-0.2, 0) is 33.2 Å². The lowest BCUT2D eigenvalue weighted by atomic mass is 9.96. The molecular formula is C48H81NO18. The summed E-state index contributed by atoms with van der Waals surface area (Å²) in [6, 6.07) is -1.00. The zero-order chi connectivity index (χ0) is 49.1. The molecule has 3 heterocycles. The number of amides is 1. The molecule has 0 spiro atoms. The van der Waals surface area contributed by atoms with Crippen molar-refractivity contribution >= 4 is 5.91 Å². The maximum Gasteiger partial charge on any atom is 0.220 e. The van der Waals surface area contributed by atoms with Crippen molar-refractivity contribution in [3.8, 4) is 0 Å². The van der Waals surface area contributed by atoms with Gasteiger partial charge in [-0.2, -0.15) is 0 Å². The van der Waals surface area contributed by atoms with Crippen LogP contribution in [0.15, 0.2) is 60.8 Å². The van der Waals surface area contributed by atoms with E-state index in [1.807, 2.05) is 0 Å². The van der Waals surface area contributed by atoms with Gasteiger partial charge in [-0.1, -0.05) is 93.9 Å². The second kappa shape index (κ2) is 33.1. The number of hydrogen-bond donors (Lipinski definition) is 12. The largest absolute Gasteiger partial charge is 0.394 e. The molecule has 3 saturated heterocycles. The zero-order valence-corrected chi connectivity index (χ0v) is 39.1. The van der Waals surface area contributed by atoms with Gasteiger partial charge in [-0.3, -0.25) is 4.79 Å². The number of unbranched alkanes of at least 4 members (excludes halogenated alkanes) is 7. The van der Waals surface area contributed by atoms with Crippen molar-refractivity contribution in [2.45, 2.75) is 208 Å². The van der Waals surface area contributed by atoms with Gasteiger partial charge >= 0.3 is 0 Å². The summed E-state index contributed by atoms with van der Waals surface area (Å²) in [6.45, 7) is 1.43. The topological polar surface area (TPSA) is 307 Å². The van der Waals surface area contributed by atoms with E-state index in [1.54, 1.807) is 12.2 Å². The Bertz CT molecular complexity index is 1480. The van der Waals surface area contributed by atoms with E-state index in [2.05, 4.69) is 67.8 Å². The number of aliphatic hydroxyl groups excluding tert-OH is 11. The number of carbonyl (C=O) groups is 1. The molecule has 0 saturated carbocycles. The number of ether oxygens (including phenoxy) is 6. The van der Waals surface area contributed by atoms with Crippen molar-refractivity contribution in [2.24, 2.45) is 0 Å². The lowest BCUT2D eigenvalue weighted by Crippen LogP contribution is -2.66. The minimum absolute atomic E-state index is 0.196. The molecule has 0 radical (unpaired) electrons. The number of carbonyl (C=O) groups excluding carboxylic acids is 1. The van der Waals surface area contributed by atoms with E-state index in [-0.39, 0.29) is 18.9 Å². The summed E-state index contributed by atoms with van der Waals surface area (Å²) in [5.41, 5.74) is 0. The normalized spacial score (nSPS) is 34.0. The molecule has 19 heteroatoms. The van der Waals surface area contributed by atoms with E-state index in [1.165, 1.54) is 6.42 Å². The Morgan fingerprint density at radius 2 is 1.04 bits per heavy atom. The third-order valence-electron chi connectivity index (χ3n) is 11.8. The Balaban J connectivity index is 1.60. The lowest BCUT2D eigenvalue weighted by molar-refractivity contribution is -0.379. The van der Waals surface area contributed by atoms with Crippen LogP contribution in [0.5, 0.6) is 0 Å². The maximum atomic E-state index is 13.1. The summed E-state index contributed by atoms with van der Waals surface area (Å²) in [5.74, 6) is -0.323. The molecule has 12 N–H and O–H groups in total. The SMILES string of the molecule is CC/C=C\C/C=C\C/C=C\CCCCCC(=O)NC(COC1OC(CO)C(OC2OC(CO)C(OC3OC(CO)C(O)C(O)C3O)C(O)C2O)C(O)C1O)C(O)/C=C/CC/C=C/CCCCC. The summed E-state index contributed by atoms with van der Waals surface area (Å²) in [4.78, 5) is 13.1. The van der Waals surface area contributed by atoms with Crippen LogP contribution in [0.2, 0.25) is 0 Å². The molecule has 17 atom stereocenters. The van der Waals surface area contributed by atoms with Crippen LogP contribution >= 0.6 is 0 Å². The van der Waals surface area contributed by atoms with E-state index in [9.17, 15) is 61.0 Å². The van der Waals surface area contributed by atoms with Gasteiger partial charge in [0.15, 0.2) is 18.9 Å². The molecule has 3 aliphatic rings. The van der Waals surface area contributed by atoms with Gasteiger partial charge in [0.05, 0.1) is 38.6 Å². The number of rotatable bonds is 31. The van der Waals surface area contributed by atoms with Gasteiger partial charge in [0, 0.05) is 6.42 Å². The second-order valence-electron chi connectivity index (χ2n) is 17.2. The van der Waals surface area contributed by atoms with Crippen molar-refractivity contribution in [3.63, 3.8) is 0 Å². The monoisotopic (exact) mass is 960 g/mol. The molecule has 0 aromatic carbocycles. The van der Waals surface area contributed by atoms with Gasteiger partial charge in [0.25, 0.3) is 0 Å². The molecule has 0 bridgehead atoms. The predicted octanol–water partition coefficient (Wildman–Crippen LogP) is 0.579. The minimum atomic E-state index is -1.98. The third-order valence-corrected chi connectivity index (χ3v) is 11.8. The molecule has 17 unspecified atom stereocenters. The molecule has 0 aromatic heterocycles. The highest BCUT2D eigenvalue weighted by Gasteiger charge is 2.53. The van der Waals surface area contributed by atoms with E-state index in [0.717, 1.165) is 64.2 Å². The lowest BCUT2D eigenvalue weighted by Gasteiger charge is -2.48. The predicted molar refractivity (Wildman–Crippen MR) is 245 cm³/mol. The van der Waals surface area contributed by atoms with E-state index < -0.39 is 124 Å². The van der Waals surface area contributed by atoms with E-state index >= 15 is 0 Å². The van der Waals surface area contributed by atoms with Crippen molar-refractivity contribution in [2.75, 3.05) is 26.4 Å². The van der Waals surface area contributed by atoms with Gasteiger partial charge in [-0.15, -0.1) is 0 Å². The first-order valence-corrected chi connectivity index (χ1v) is 24.0. The summed E-state index contributed by atoms with van der Waals surface area (Å²) < 4.78 is 34.0. The van der Waals surface area contributed by atoms with E-state index in [4.69, 9.17) is 28.4 Å². The number of aliphatic hydroxyl groups is 11. The Labute approximate surface area is 395 Å². The first-order valence-electron chi connectivity index (χ1n) is 24.0. The first-order chi connectivity index (χ1) is 32.3. The zero-order valence-electron chi connectivity index (χ0n) is 39.1. The van der Waals surface area contributed by atoms with Gasteiger partial charge in [-0.05, 0) is 64.2 Å². The van der Waals surface area contributed by atoms with E-state index in [0.29, 0.717) is 12.8 Å². The van der Waals surface area contributed by atoms with Gasteiger partial charge in [-0.25, -0.2) is 0 Å². The molecular weight excluding hydrogens is 879 g/mol. The highest BCUT2D eigenvalue weighted by atomic mass is 16.8. The Morgan fingerprint density at radius 1 is 0.552 bits per heavy atom. The van der Waals surface area contributed by atoms with Crippen molar-refractivity contribution in [1.29, 1.82) is 0 Å². The summed E-state index contributed by atoms with van der Waals surface area (Å²) in [7, 11) is 0. The minimum Gasteiger partial charge on any atom is -0.394 e. The average molecular weight is 960 g/mol. The first kappa shape index (κ1) is 58.8. The van der Waals surface area contributed by atoms with Gasteiger partial charge in [0.2, 0.25) is 5.91 Å². The van der Waals surface area contributed by atoms with Crippen LogP contribution in [0.1, 0.15) is 104 Å². The molecule has 3 aliphatic heterocycles. The third kappa shape index (κ3) is 19.7. The molecule has 0 aliphatic carbocycles. The van der Waals surface area contributed by atoms with Crippen LogP contribution in [-0.4, -0.2) is 193 Å². The van der Waals surface area contributed by atoms with Crippen molar-refractivity contribution in [3.05, 3.63) is 60.8 Å².